The smallest absolute Gasteiger partial charge is 0.318 e. The second kappa shape index (κ2) is 5.82. The maximum atomic E-state index is 12.6. The van der Waals surface area contributed by atoms with Gasteiger partial charge in [-0.05, 0) is 49.5 Å². The van der Waals surface area contributed by atoms with Crippen molar-refractivity contribution in [1.29, 1.82) is 0 Å². The van der Waals surface area contributed by atoms with Gasteiger partial charge >= 0.3 is 6.03 Å². The number of amides is 2. The van der Waals surface area contributed by atoms with Gasteiger partial charge in [0.05, 0.1) is 30.6 Å². The van der Waals surface area contributed by atoms with Crippen LogP contribution in [0.3, 0.4) is 0 Å². The molecule has 2 heterocycles. The van der Waals surface area contributed by atoms with Gasteiger partial charge in [0.2, 0.25) is 0 Å². The lowest BCUT2D eigenvalue weighted by Crippen LogP contribution is -2.47. The minimum absolute atomic E-state index is 0.0210. The van der Waals surface area contributed by atoms with E-state index in [0.29, 0.717) is 18.4 Å². The third-order valence-corrected chi connectivity index (χ3v) is 6.12. The van der Waals surface area contributed by atoms with E-state index in [4.69, 9.17) is 0 Å². The van der Waals surface area contributed by atoms with E-state index in [1.165, 1.54) is 24.8 Å². The molecule has 4 rings (SSSR count). The molecule has 6 heteroatoms. The summed E-state index contributed by atoms with van der Waals surface area (Å²) in [6.45, 7) is 1.28. The van der Waals surface area contributed by atoms with Crippen molar-refractivity contribution in [3.8, 4) is 0 Å². The lowest BCUT2D eigenvalue weighted by atomic mass is 9.80. The summed E-state index contributed by atoms with van der Waals surface area (Å²) in [6, 6.07) is -0.0214. The quantitative estimate of drug-likeness (QED) is 0.892. The van der Waals surface area contributed by atoms with Gasteiger partial charge < -0.3 is 15.3 Å². The van der Waals surface area contributed by atoms with Crippen molar-refractivity contribution in [1.82, 2.24) is 20.0 Å². The first kappa shape index (κ1) is 15.0. The van der Waals surface area contributed by atoms with Crippen LogP contribution in [0.25, 0.3) is 0 Å². The Morgan fingerprint density at radius 3 is 2.91 bits per heavy atom. The highest BCUT2D eigenvalue weighted by Gasteiger charge is 2.45. The maximum absolute atomic E-state index is 12.6. The third-order valence-electron chi connectivity index (χ3n) is 6.12. The molecule has 1 aromatic heterocycles. The van der Waals surface area contributed by atoms with Crippen molar-refractivity contribution in [3.63, 3.8) is 0 Å². The molecule has 1 saturated heterocycles. The highest BCUT2D eigenvalue weighted by atomic mass is 16.3. The maximum Gasteiger partial charge on any atom is 0.318 e. The lowest BCUT2D eigenvalue weighted by molar-refractivity contribution is 0.0965. The van der Waals surface area contributed by atoms with Crippen LogP contribution in [0.5, 0.6) is 0 Å². The van der Waals surface area contributed by atoms with E-state index < -0.39 is 0 Å². The molecule has 0 spiro atoms. The van der Waals surface area contributed by atoms with Crippen LogP contribution in [0, 0.1) is 5.92 Å². The summed E-state index contributed by atoms with van der Waals surface area (Å²) in [5.41, 5.74) is 2.41. The van der Waals surface area contributed by atoms with Crippen LogP contribution < -0.4 is 5.32 Å². The minimum atomic E-state index is -0.351. The van der Waals surface area contributed by atoms with Crippen LogP contribution in [-0.4, -0.2) is 44.5 Å². The monoisotopic (exact) mass is 318 g/mol. The molecule has 3 fully saturated rings. The molecule has 3 atom stereocenters. The van der Waals surface area contributed by atoms with E-state index in [-0.39, 0.29) is 18.2 Å². The molecule has 3 aliphatic rings. The average molecular weight is 318 g/mol. The van der Waals surface area contributed by atoms with E-state index in [0.717, 1.165) is 31.5 Å². The molecule has 1 aromatic rings. The molecule has 2 aliphatic carbocycles. The number of aliphatic hydroxyl groups is 1. The molecule has 0 radical (unpaired) electrons. The number of nitrogens with zero attached hydrogens (tertiary/aromatic N) is 3. The second-order valence-electron chi connectivity index (χ2n) is 7.33. The summed E-state index contributed by atoms with van der Waals surface area (Å²) in [5, 5.41) is 17.6. The fourth-order valence-corrected chi connectivity index (χ4v) is 4.53. The molecule has 0 unspecified atom stereocenters. The minimum Gasteiger partial charge on any atom is -0.391 e. The molecular formula is C17H26N4O2. The molecule has 2 N–H and O–H groups in total. The van der Waals surface area contributed by atoms with Gasteiger partial charge in [0.1, 0.15) is 0 Å². The van der Waals surface area contributed by atoms with E-state index in [9.17, 15) is 9.90 Å². The van der Waals surface area contributed by atoms with Gasteiger partial charge in [0.15, 0.2) is 0 Å². The van der Waals surface area contributed by atoms with Gasteiger partial charge in [-0.1, -0.05) is 6.42 Å². The Morgan fingerprint density at radius 1 is 1.35 bits per heavy atom. The zero-order valence-corrected chi connectivity index (χ0v) is 13.7. The SMILES string of the molecule is Cn1ncc(C2CCC2)c1CNC(=O)N1CC[C@@H]2CC[C@@H](O)[C@@H]21. The molecule has 6 nitrogen and oxygen atoms in total. The summed E-state index contributed by atoms with van der Waals surface area (Å²) in [4.78, 5) is 14.4. The van der Waals surface area contributed by atoms with Gasteiger partial charge in [-0.3, -0.25) is 4.68 Å². The normalized spacial score (nSPS) is 30.3. The van der Waals surface area contributed by atoms with Crippen molar-refractivity contribution in [2.45, 2.75) is 63.1 Å². The van der Waals surface area contributed by atoms with Crippen LogP contribution in [0.2, 0.25) is 0 Å². The zero-order chi connectivity index (χ0) is 16.0. The first-order valence-corrected chi connectivity index (χ1v) is 8.88. The van der Waals surface area contributed by atoms with Crippen LogP contribution in [-0.2, 0) is 13.6 Å². The number of aromatic nitrogens is 2. The Bertz CT molecular complexity index is 595. The Labute approximate surface area is 136 Å². The van der Waals surface area contributed by atoms with Crippen LogP contribution in [0.4, 0.5) is 4.79 Å². The summed E-state index contributed by atoms with van der Waals surface area (Å²) >= 11 is 0. The largest absolute Gasteiger partial charge is 0.391 e. The number of urea groups is 1. The predicted octanol–water partition coefficient (Wildman–Crippen LogP) is 1.74. The number of likely N-dealkylation sites (tertiary alicyclic amines) is 1. The number of hydrogen-bond donors (Lipinski definition) is 2. The topological polar surface area (TPSA) is 70.4 Å². The fourth-order valence-electron chi connectivity index (χ4n) is 4.53. The van der Waals surface area contributed by atoms with E-state index in [1.54, 1.807) is 0 Å². The second-order valence-corrected chi connectivity index (χ2v) is 7.33. The average Bonchev–Trinajstić information content (AvgIpc) is 3.14. The Hall–Kier alpha value is -1.56. The van der Waals surface area contributed by atoms with Gasteiger partial charge in [-0.2, -0.15) is 5.10 Å². The van der Waals surface area contributed by atoms with Crippen LogP contribution >= 0.6 is 0 Å². The van der Waals surface area contributed by atoms with E-state index >= 15 is 0 Å². The summed E-state index contributed by atoms with van der Waals surface area (Å²) < 4.78 is 1.88. The van der Waals surface area contributed by atoms with Crippen molar-refractivity contribution in [2.75, 3.05) is 6.54 Å². The molecular weight excluding hydrogens is 292 g/mol. The number of hydrogen-bond acceptors (Lipinski definition) is 3. The number of carbonyl (C=O) groups excluding carboxylic acids is 1. The molecule has 23 heavy (non-hydrogen) atoms. The number of nitrogens with one attached hydrogen (secondary N) is 1. The van der Waals surface area contributed by atoms with Crippen molar-refractivity contribution in [3.05, 3.63) is 17.5 Å². The first-order valence-electron chi connectivity index (χ1n) is 8.88. The van der Waals surface area contributed by atoms with E-state index in [2.05, 4.69) is 10.4 Å². The molecule has 2 saturated carbocycles. The summed E-state index contributed by atoms with van der Waals surface area (Å²) in [7, 11) is 1.94. The van der Waals surface area contributed by atoms with Crippen molar-refractivity contribution < 1.29 is 9.90 Å². The van der Waals surface area contributed by atoms with Gasteiger partial charge in [0.25, 0.3) is 0 Å². The highest BCUT2D eigenvalue weighted by Crippen LogP contribution is 2.39. The number of rotatable bonds is 3. The highest BCUT2D eigenvalue weighted by molar-refractivity contribution is 5.75. The van der Waals surface area contributed by atoms with Crippen molar-refractivity contribution >= 4 is 6.03 Å². The third kappa shape index (κ3) is 2.53. The number of aryl methyl sites for hydroxylation is 1. The Balaban J connectivity index is 1.41. The predicted molar refractivity (Wildman–Crippen MR) is 85.9 cm³/mol. The fraction of sp³-hybridized carbons (Fsp3) is 0.765. The van der Waals surface area contributed by atoms with Gasteiger partial charge in [0, 0.05) is 13.6 Å². The molecule has 2 amide bonds. The summed E-state index contributed by atoms with van der Waals surface area (Å²) in [5.74, 6) is 1.10. The van der Waals surface area contributed by atoms with Gasteiger partial charge in [-0.15, -0.1) is 0 Å². The molecule has 0 bridgehead atoms. The number of carbonyl (C=O) groups is 1. The summed E-state index contributed by atoms with van der Waals surface area (Å²) in [6.07, 6.45) is 8.25. The van der Waals surface area contributed by atoms with Gasteiger partial charge in [-0.25, -0.2) is 4.79 Å². The Morgan fingerprint density at radius 2 is 2.17 bits per heavy atom. The number of aliphatic hydroxyl groups excluding tert-OH is 1. The standard InChI is InChI=1S/C17H26N4O2/c1-20-14(13(9-19-20)11-3-2-4-11)10-18-17(23)21-8-7-12-5-6-15(22)16(12)21/h9,11-12,15-16,22H,2-8,10H2,1H3,(H,18,23)/t12-,15+,16+/m0/s1. The lowest BCUT2D eigenvalue weighted by Gasteiger charge is -2.28. The Kier molecular flexibility index (Phi) is 3.79. The van der Waals surface area contributed by atoms with Crippen LogP contribution in [0.1, 0.15) is 55.7 Å². The first-order chi connectivity index (χ1) is 11.1. The molecule has 1 aliphatic heterocycles. The molecule has 0 aromatic carbocycles. The van der Waals surface area contributed by atoms with Crippen LogP contribution in [0.15, 0.2) is 6.20 Å². The van der Waals surface area contributed by atoms with Crippen molar-refractivity contribution in [2.24, 2.45) is 13.0 Å². The molecule has 126 valence electrons. The van der Waals surface area contributed by atoms with E-state index in [1.807, 2.05) is 22.8 Å². The zero-order valence-electron chi connectivity index (χ0n) is 13.7. The number of fused-ring (bicyclic) bond motifs is 1.